The molecule has 0 atom stereocenters. The van der Waals surface area contributed by atoms with E-state index in [1.807, 2.05) is 12.1 Å². The molecule has 0 radical (unpaired) electrons. The first kappa shape index (κ1) is 23.8. The molecule has 0 unspecified atom stereocenters. The molecule has 0 saturated carbocycles. The van der Waals surface area contributed by atoms with Crippen LogP contribution in [0.15, 0.2) is 76.4 Å². The van der Waals surface area contributed by atoms with E-state index in [-0.39, 0.29) is 24.0 Å². The van der Waals surface area contributed by atoms with Gasteiger partial charge in [0.2, 0.25) is 5.89 Å². The summed E-state index contributed by atoms with van der Waals surface area (Å²) in [7, 11) is 0. The van der Waals surface area contributed by atoms with Gasteiger partial charge >= 0.3 is 0 Å². The summed E-state index contributed by atoms with van der Waals surface area (Å²) in [6.07, 6.45) is 6.09. The Kier molecular flexibility index (Phi) is 8.72. The van der Waals surface area contributed by atoms with Crippen LogP contribution in [-0.2, 0) is 13.1 Å². The minimum absolute atomic E-state index is 0. The van der Waals surface area contributed by atoms with Crippen molar-refractivity contribution in [1.29, 1.82) is 0 Å². The number of hydrogen-bond donors (Lipinski definition) is 2. The number of anilines is 1. The van der Waals surface area contributed by atoms with Crippen molar-refractivity contribution in [1.82, 2.24) is 15.6 Å². The zero-order valence-corrected chi connectivity index (χ0v) is 20.9. The van der Waals surface area contributed by atoms with Gasteiger partial charge in [0.15, 0.2) is 5.96 Å². The number of halogens is 1. The second-order valence-corrected chi connectivity index (χ2v) is 7.60. The first-order valence-electron chi connectivity index (χ1n) is 10.7. The fraction of sp³-hybridized carbons (Fsp3) is 0.280. The van der Waals surface area contributed by atoms with Gasteiger partial charge in [-0.3, -0.25) is 0 Å². The molecule has 168 valence electrons. The van der Waals surface area contributed by atoms with Gasteiger partial charge in [0.05, 0.1) is 18.8 Å². The smallest absolute Gasteiger partial charge is 0.226 e. The van der Waals surface area contributed by atoms with Crippen LogP contribution in [0, 0.1) is 6.92 Å². The molecule has 7 heteroatoms. The lowest BCUT2D eigenvalue weighted by Gasteiger charge is -2.17. The average Bonchev–Trinajstić information content (AvgIpc) is 3.49. The molecule has 0 fully saturated rings. The van der Waals surface area contributed by atoms with Gasteiger partial charge in [-0.2, -0.15) is 0 Å². The van der Waals surface area contributed by atoms with E-state index in [1.54, 1.807) is 6.26 Å². The largest absolute Gasteiger partial charge is 0.444 e. The van der Waals surface area contributed by atoms with Gasteiger partial charge in [-0.25, -0.2) is 9.98 Å². The fourth-order valence-electron chi connectivity index (χ4n) is 3.40. The highest BCUT2D eigenvalue weighted by atomic mass is 127. The molecule has 2 aromatic carbocycles. The van der Waals surface area contributed by atoms with Crippen molar-refractivity contribution in [2.45, 2.75) is 26.9 Å². The molecule has 4 rings (SSSR count). The van der Waals surface area contributed by atoms with Crippen molar-refractivity contribution >= 4 is 35.6 Å². The number of nitrogens with one attached hydrogen (secondary N) is 2. The molecule has 1 aliphatic heterocycles. The van der Waals surface area contributed by atoms with Gasteiger partial charge in [0, 0.05) is 30.9 Å². The predicted molar refractivity (Wildman–Crippen MR) is 142 cm³/mol. The van der Waals surface area contributed by atoms with Crippen LogP contribution in [-0.4, -0.2) is 30.6 Å². The van der Waals surface area contributed by atoms with Crippen molar-refractivity contribution < 1.29 is 4.42 Å². The summed E-state index contributed by atoms with van der Waals surface area (Å²) in [5.41, 5.74) is 5.45. The van der Waals surface area contributed by atoms with E-state index in [9.17, 15) is 0 Å². The number of nitrogens with zero attached hydrogens (tertiary/aromatic N) is 3. The lowest BCUT2D eigenvalue weighted by atomic mass is 10.1. The highest BCUT2D eigenvalue weighted by Gasteiger charge is 2.08. The molecule has 3 aromatic rings. The van der Waals surface area contributed by atoms with Gasteiger partial charge in [0.1, 0.15) is 6.26 Å². The maximum atomic E-state index is 5.65. The average molecular weight is 543 g/mol. The van der Waals surface area contributed by atoms with Gasteiger partial charge in [0.25, 0.3) is 0 Å². The summed E-state index contributed by atoms with van der Waals surface area (Å²) in [5, 5.41) is 6.63. The molecule has 0 aliphatic carbocycles. The Labute approximate surface area is 206 Å². The van der Waals surface area contributed by atoms with Crippen molar-refractivity contribution in [3.63, 3.8) is 0 Å². The highest BCUT2D eigenvalue weighted by Crippen LogP contribution is 2.19. The van der Waals surface area contributed by atoms with Crippen molar-refractivity contribution in [2.24, 2.45) is 4.99 Å². The van der Waals surface area contributed by atoms with E-state index in [4.69, 9.17) is 9.41 Å². The Balaban J connectivity index is 0.00000289. The van der Waals surface area contributed by atoms with Crippen LogP contribution in [0.3, 0.4) is 0 Å². The number of guanidine groups is 1. The summed E-state index contributed by atoms with van der Waals surface area (Å²) in [5.74, 6) is 1.39. The molecular formula is C25H30IN5O. The van der Waals surface area contributed by atoms with Crippen LogP contribution in [0.25, 0.3) is 11.5 Å². The van der Waals surface area contributed by atoms with E-state index in [2.05, 4.69) is 82.9 Å². The Morgan fingerprint density at radius 3 is 2.44 bits per heavy atom. The number of oxazole rings is 1. The molecule has 0 amide bonds. The lowest BCUT2D eigenvalue weighted by molar-refractivity contribution is 0.572. The summed E-state index contributed by atoms with van der Waals surface area (Å²) in [4.78, 5) is 11.6. The monoisotopic (exact) mass is 543 g/mol. The standard InChI is InChI=1S/C25H29N5O.HI/c1-3-26-25(27-16-20-8-12-23(13-9-20)30-14-4-5-15-30)28-17-22-18-31-24(29-22)21-10-6-19(2)7-11-21;/h4-13,18H,3,14-17H2,1-2H3,(H2,26,27,28);1H. The summed E-state index contributed by atoms with van der Waals surface area (Å²) in [6.45, 7) is 8.04. The quantitative estimate of drug-likeness (QED) is 0.192. The fourth-order valence-corrected chi connectivity index (χ4v) is 3.40. The number of aromatic nitrogens is 1. The molecule has 2 N–H and O–H groups in total. The van der Waals surface area contributed by atoms with Crippen molar-refractivity contribution in [3.05, 3.63) is 83.8 Å². The highest BCUT2D eigenvalue weighted by molar-refractivity contribution is 14.0. The first-order chi connectivity index (χ1) is 15.2. The van der Waals surface area contributed by atoms with Crippen LogP contribution < -0.4 is 15.5 Å². The molecule has 32 heavy (non-hydrogen) atoms. The topological polar surface area (TPSA) is 65.7 Å². The number of aryl methyl sites for hydroxylation is 1. The number of hydrogen-bond acceptors (Lipinski definition) is 4. The molecule has 0 spiro atoms. The maximum Gasteiger partial charge on any atom is 0.226 e. The maximum absolute atomic E-state index is 5.65. The second-order valence-electron chi connectivity index (χ2n) is 7.60. The van der Waals surface area contributed by atoms with E-state index in [0.717, 1.165) is 36.9 Å². The molecule has 2 heterocycles. The van der Waals surface area contributed by atoms with Gasteiger partial charge < -0.3 is 20.0 Å². The van der Waals surface area contributed by atoms with Gasteiger partial charge in [-0.1, -0.05) is 42.0 Å². The van der Waals surface area contributed by atoms with E-state index < -0.39 is 0 Å². The third-order valence-corrected chi connectivity index (χ3v) is 5.17. The van der Waals surface area contributed by atoms with E-state index in [0.29, 0.717) is 19.0 Å². The van der Waals surface area contributed by atoms with Crippen LogP contribution >= 0.6 is 24.0 Å². The van der Waals surface area contributed by atoms with Crippen LogP contribution in [0.4, 0.5) is 5.69 Å². The number of benzene rings is 2. The zero-order valence-electron chi connectivity index (χ0n) is 18.5. The van der Waals surface area contributed by atoms with Crippen LogP contribution in [0.1, 0.15) is 23.7 Å². The predicted octanol–water partition coefficient (Wildman–Crippen LogP) is 4.90. The number of aliphatic imine (C=N–C) groups is 1. The van der Waals surface area contributed by atoms with Crippen molar-refractivity contribution in [2.75, 3.05) is 24.5 Å². The first-order valence-corrected chi connectivity index (χ1v) is 10.7. The molecule has 6 nitrogen and oxygen atoms in total. The van der Waals surface area contributed by atoms with Gasteiger partial charge in [-0.05, 0) is 43.7 Å². The van der Waals surface area contributed by atoms with Gasteiger partial charge in [-0.15, -0.1) is 24.0 Å². The summed E-state index contributed by atoms with van der Waals surface area (Å²) >= 11 is 0. The summed E-state index contributed by atoms with van der Waals surface area (Å²) < 4.78 is 5.65. The summed E-state index contributed by atoms with van der Waals surface area (Å²) in [6, 6.07) is 16.8. The zero-order chi connectivity index (χ0) is 21.5. The number of rotatable bonds is 7. The minimum atomic E-state index is 0. The normalized spacial score (nSPS) is 13.2. The molecular weight excluding hydrogens is 513 g/mol. The molecule has 0 bridgehead atoms. The van der Waals surface area contributed by atoms with E-state index in [1.165, 1.54) is 16.8 Å². The van der Waals surface area contributed by atoms with Crippen molar-refractivity contribution in [3.8, 4) is 11.5 Å². The van der Waals surface area contributed by atoms with E-state index >= 15 is 0 Å². The van der Waals surface area contributed by atoms with Crippen LogP contribution in [0.2, 0.25) is 0 Å². The Bertz CT molecular complexity index is 1030. The third kappa shape index (κ3) is 6.35. The molecule has 0 saturated heterocycles. The second kappa shape index (κ2) is 11.7. The minimum Gasteiger partial charge on any atom is -0.444 e. The molecule has 1 aromatic heterocycles. The Hall–Kier alpha value is -2.81. The Morgan fingerprint density at radius 1 is 1.03 bits per heavy atom. The SMILES string of the molecule is CCNC(=NCc1ccc(N2CC=CC2)cc1)NCc1coc(-c2ccc(C)cc2)n1.I. The lowest BCUT2D eigenvalue weighted by Crippen LogP contribution is -2.36. The van der Waals surface area contributed by atoms with Crippen LogP contribution in [0.5, 0.6) is 0 Å². The Morgan fingerprint density at radius 2 is 1.75 bits per heavy atom. The molecule has 1 aliphatic rings. The third-order valence-electron chi connectivity index (χ3n) is 5.17.